The fourth-order valence-electron chi connectivity index (χ4n) is 2.65. The van der Waals surface area contributed by atoms with Gasteiger partial charge in [0, 0.05) is 6.04 Å². The van der Waals surface area contributed by atoms with Gasteiger partial charge in [0.2, 0.25) is 0 Å². The van der Waals surface area contributed by atoms with E-state index in [0.29, 0.717) is 5.75 Å². The second kappa shape index (κ2) is 7.82. The maximum Gasteiger partial charge on any atom is 0.321 e. The van der Waals surface area contributed by atoms with Crippen LogP contribution in [0.1, 0.15) is 43.2 Å². The van der Waals surface area contributed by atoms with E-state index >= 15 is 0 Å². The summed E-state index contributed by atoms with van der Waals surface area (Å²) in [5.41, 5.74) is 2.11. The van der Waals surface area contributed by atoms with E-state index in [-0.39, 0.29) is 12.6 Å². The number of carbonyl (C=O) groups excluding carboxylic acids is 2. The van der Waals surface area contributed by atoms with Crippen LogP contribution in [0, 0.1) is 13.8 Å². The number of hydrogen-bond acceptors (Lipinski definition) is 3. The molecule has 5 nitrogen and oxygen atoms in total. The molecule has 1 aromatic carbocycles. The smallest absolute Gasteiger partial charge is 0.321 e. The molecule has 0 saturated heterocycles. The van der Waals surface area contributed by atoms with Crippen molar-refractivity contribution in [3.8, 4) is 5.75 Å². The molecule has 5 heteroatoms. The molecule has 0 heterocycles. The molecule has 0 unspecified atom stereocenters. The summed E-state index contributed by atoms with van der Waals surface area (Å²) in [5.74, 6) is 0.233. The Kier molecular flexibility index (Phi) is 5.81. The molecule has 0 spiro atoms. The third-order valence-corrected chi connectivity index (χ3v) is 4.11. The maximum absolute atomic E-state index is 11.8. The fourth-order valence-corrected chi connectivity index (χ4v) is 2.65. The predicted molar refractivity (Wildman–Crippen MR) is 85.0 cm³/mol. The van der Waals surface area contributed by atoms with Crippen LogP contribution in [-0.4, -0.2) is 24.6 Å². The summed E-state index contributed by atoms with van der Waals surface area (Å²) >= 11 is 0. The number of imide groups is 1. The molecule has 0 atom stereocenters. The van der Waals surface area contributed by atoms with Crippen LogP contribution in [0.2, 0.25) is 0 Å². The van der Waals surface area contributed by atoms with E-state index in [1.54, 1.807) is 0 Å². The average molecular weight is 304 g/mol. The first-order valence-corrected chi connectivity index (χ1v) is 7.85. The molecule has 1 aliphatic carbocycles. The molecular formula is C17H24N2O3. The minimum atomic E-state index is -0.436. The van der Waals surface area contributed by atoms with Gasteiger partial charge in [0.1, 0.15) is 5.75 Å². The van der Waals surface area contributed by atoms with E-state index < -0.39 is 11.9 Å². The van der Waals surface area contributed by atoms with Crippen molar-refractivity contribution in [2.24, 2.45) is 0 Å². The Morgan fingerprint density at radius 1 is 1.18 bits per heavy atom. The van der Waals surface area contributed by atoms with Crippen LogP contribution in [0.5, 0.6) is 5.75 Å². The van der Waals surface area contributed by atoms with E-state index in [4.69, 9.17) is 4.74 Å². The summed E-state index contributed by atoms with van der Waals surface area (Å²) in [5, 5.41) is 5.16. The summed E-state index contributed by atoms with van der Waals surface area (Å²) in [6.45, 7) is 3.76. The van der Waals surface area contributed by atoms with Crippen molar-refractivity contribution in [1.82, 2.24) is 10.6 Å². The van der Waals surface area contributed by atoms with Gasteiger partial charge in [-0.15, -0.1) is 0 Å². The van der Waals surface area contributed by atoms with Crippen LogP contribution in [0.3, 0.4) is 0 Å². The van der Waals surface area contributed by atoms with E-state index in [2.05, 4.69) is 10.6 Å². The SMILES string of the molecule is Cc1cccc(OCC(=O)NC(=O)NC2CCCCC2)c1C. The van der Waals surface area contributed by atoms with Crippen molar-refractivity contribution in [3.63, 3.8) is 0 Å². The molecule has 120 valence electrons. The summed E-state index contributed by atoms with van der Waals surface area (Å²) in [6, 6.07) is 5.44. The standard InChI is InChI=1S/C17H24N2O3/c1-12-7-6-10-15(13(12)2)22-11-16(20)19-17(21)18-14-8-4-3-5-9-14/h6-7,10,14H,3-5,8-9,11H2,1-2H3,(H2,18,19,20,21). The fraction of sp³-hybridized carbons (Fsp3) is 0.529. The summed E-state index contributed by atoms with van der Waals surface area (Å²) in [7, 11) is 0. The van der Waals surface area contributed by atoms with Gasteiger partial charge in [0.15, 0.2) is 6.61 Å². The van der Waals surface area contributed by atoms with Crippen LogP contribution in [0.4, 0.5) is 4.79 Å². The third-order valence-electron chi connectivity index (χ3n) is 4.11. The van der Waals surface area contributed by atoms with Gasteiger partial charge in [0.05, 0.1) is 0 Å². The second-order valence-electron chi connectivity index (χ2n) is 5.84. The van der Waals surface area contributed by atoms with Crippen LogP contribution in [0.25, 0.3) is 0 Å². The minimum absolute atomic E-state index is 0.164. The first-order chi connectivity index (χ1) is 10.6. The highest BCUT2D eigenvalue weighted by Gasteiger charge is 2.17. The summed E-state index contributed by atoms with van der Waals surface area (Å²) in [4.78, 5) is 23.5. The highest BCUT2D eigenvalue weighted by Crippen LogP contribution is 2.20. The quantitative estimate of drug-likeness (QED) is 0.899. The zero-order valence-electron chi connectivity index (χ0n) is 13.3. The molecule has 0 radical (unpaired) electrons. The van der Waals surface area contributed by atoms with Crippen molar-refractivity contribution in [2.45, 2.75) is 52.0 Å². The Bertz CT molecular complexity index is 537. The normalized spacial score (nSPS) is 15.2. The minimum Gasteiger partial charge on any atom is -0.483 e. The monoisotopic (exact) mass is 304 g/mol. The first kappa shape index (κ1) is 16.3. The zero-order chi connectivity index (χ0) is 15.9. The number of urea groups is 1. The van der Waals surface area contributed by atoms with Crippen molar-refractivity contribution in [3.05, 3.63) is 29.3 Å². The van der Waals surface area contributed by atoms with Crippen molar-refractivity contribution in [2.75, 3.05) is 6.61 Å². The number of ether oxygens (including phenoxy) is 1. The number of hydrogen-bond donors (Lipinski definition) is 2. The molecule has 0 aromatic heterocycles. The molecule has 1 aliphatic rings. The van der Waals surface area contributed by atoms with Crippen LogP contribution in [-0.2, 0) is 4.79 Å². The molecule has 22 heavy (non-hydrogen) atoms. The Labute approximate surface area is 131 Å². The average Bonchev–Trinajstić information content (AvgIpc) is 2.49. The van der Waals surface area contributed by atoms with E-state index in [0.717, 1.165) is 36.8 Å². The molecule has 2 rings (SSSR count). The number of nitrogens with one attached hydrogen (secondary N) is 2. The van der Waals surface area contributed by atoms with Crippen molar-refractivity contribution < 1.29 is 14.3 Å². The topological polar surface area (TPSA) is 67.4 Å². The first-order valence-electron chi connectivity index (χ1n) is 7.85. The van der Waals surface area contributed by atoms with E-state index in [1.165, 1.54) is 6.42 Å². The number of amides is 3. The zero-order valence-corrected chi connectivity index (χ0v) is 13.3. The highest BCUT2D eigenvalue weighted by molar-refractivity contribution is 5.95. The highest BCUT2D eigenvalue weighted by atomic mass is 16.5. The van der Waals surface area contributed by atoms with Gasteiger partial charge in [-0.25, -0.2) is 4.79 Å². The molecule has 1 aromatic rings. The lowest BCUT2D eigenvalue weighted by atomic mass is 9.96. The Balaban J connectivity index is 1.75. The lowest BCUT2D eigenvalue weighted by Gasteiger charge is -2.22. The Morgan fingerprint density at radius 3 is 2.64 bits per heavy atom. The van der Waals surface area contributed by atoms with Crippen LogP contribution < -0.4 is 15.4 Å². The van der Waals surface area contributed by atoms with Gasteiger partial charge in [-0.2, -0.15) is 0 Å². The van der Waals surface area contributed by atoms with Crippen LogP contribution in [0.15, 0.2) is 18.2 Å². The lowest BCUT2D eigenvalue weighted by molar-refractivity contribution is -0.122. The molecule has 1 fully saturated rings. The predicted octanol–water partition coefficient (Wildman–Crippen LogP) is 2.84. The summed E-state index contributed by atoms with van der Waals surface area (Å²) in [6.07, 6.45) is 5.47. The number of aryl methyl sites for hydroxylation is 1. The lowest BCUT2D eigenvalue weighted by Crippen LogP contribution is -2.46. The number of carbonyl (C=O) groups is 2. The maximum atomic E-state index is 11.8. The Morgan fingerprint density at radius 2 is 1.91 bits per heavy atom. The van der Waals surface area contributed by atoms with Crippen molar-refractivity contribution in [1.29, 1.82) is 0 Å². The van der Waals surface area contributed by atoms with Gasteiger partial charge in [0.25, 0.3) is 5.91 Å². The van der Waals surface area contributed by atoms with Gasteiger partial charge in [-0.1, -0.05) is 31.4 Å². The number of benzene rings is 1. The van der Waals surface area contributed by atoms with Gasteiger partial charge in [-0.05, 0) is 43.9 Å². The molecule has 0 aliphatic heterocycles. The van der Waals surface area contributed by atoms with Gasteiger partial charge < -0.3 is 10.1 Å². The van der Waals surface area contributed by atoms with Gasteiger partial charge >= 0.3 is 6.03 Å². The molecule has 2 N–H and O–H groups in total. The van der Waals surface area contributed by atoms with Crippen molar-refractivity contribution >= 4 is 11.9 Å². The molecule has 0 bridgehead atoms. The molecule has 3 amide bonds. The summed E-state index contributed by atoms with van der Waals surface area (Å²) < 4.78 is 5.48. The molecular weight excluding hydrogens is 280 g/mol. The Hall–Kier alpha value is -2.04. The van der Waals surface area contributed by atoms with E-state index in [1.807, 2.05) is 32.0 Å². The second-order valence-corrected chi connectivity index (χ2v) is 5.84. The largest absolute Gasteiger partial charge is 0.483 e. The van der Waals surface area contributed by atoms with E-state index in [9.17, 15) is 9.59 Å². The van der Waals surface area contributed by atoms with Gasteiger partial charge in [-0.3, -0.25) is 10.1 Å². The third kappa shape index (κ3) is 4.76. The van der Waals surface area contributed by atoms with Crippen LogP contribution >= 0.6 is 0 Å². The molecule has 1 saturated carbocycles. The number of rotatable bonds is 4.